The largest absolute Gasteiger partial charge is 0.444 e. The van der Waals surface area contributed by atoms with Crippen LogP contribution in [0.4, 0.5) is 4.79 Å². The van der Waals surface area contributed by atoms with Gasteiger partial charge in [0.05, 0.1) is 12.6 Å². The molecular formula is C33H42N2O5. The van der Waals surface area contributed by atoms with Crippen molar-refractivity contribution in [3.63, 3.8) is 0 Å². The Labute approximate surface area is 237 Å². The number of esters is 1. The molecule has 7 nitrogen and oxygen atoms in total. The van der Waals surface area contributed by atoms with Crippen LogP contribution in [0.3, 0.4) is 0 Å². The van der Waals surface area contributed by atoms with E-state index >= 15 is 0 Å². The van der Waals surface area contributed by atoms with Crippen LogP contribution in [0.5, 0.6) is 5.75 Å². The first-order chi connectivity index (χ1) is 19.0. The molecule has 3 rings (SSSR count). The van der Waals surface area contributed by atoms with Gasteiger partial charge in [-0.2, -0.15) is 0 Å². The van der Waals surface area contributed by atoms with Gasteiger partial charge in [0.2, 0.25) is 0 Å². The molecule has 0 aliphatic carbocycles. The Hall–Kier alpha value is -3.68. The zero-order valence-electron chi connectivity index (χ0n) is 24.1. The van der Waals surface area contributed by atoms with Gasteiger partial charge < -0.3 is 25.2 Å². The van der Waals surface area contributed by atoms with Crippen LogP contribution in [0.1, 0.15) is 49.4 Å². The Kier molecular flexibility index (Phi) is 11.3. The molecule has 0 unspecified atom stereocenters. The van der Waals surface area contributed by atoms with Gasteiger partial charge >= 0.3 is 12.1 Å². The molecule has 3 atom stereocenters. The zero-order valence-corrected chi connectivity index (χ0v) is 24.1. The second kappa shape index (κ2) is 14.6. The van der Waals surface area contributed by atoms with Crippen molar-refractivity contribution in [2.45, 2.75) is 77.7 Å². The van der Waals surface area contributed by atoms with Crippen molar-refractivity contribution in [1.29, 1.82) is 0 Å². The lowest BCUT2D eigenvalue weighted by molar-refractivity contribution is -0.133. The summed E-state index contributed by atoms with van der Waals surface area (Å²) in [5, 5.41) is 17.6. The molecule has 3 aromatic carbocycles. The fraction of sp³-hybridized carbons (Fsp3) is 0.394. The van der Waals surface area contributed by atoms with Crippen LogP contribution < -0.4 is 15.4 Å². The Morgan fingerprint density at radius 3 is 1.93 bits per heavy atom. The predicted octanol–water partition coefficient (Wildman–Crippen LogP) is 5.30. The van der Waals surface area contributed by atoms with Gasteiger partial charge in [-0.1, -0.05) is 78.9 Å². The summed E-state index contributed by atoms with van der Waals surface area (Å²) in [7, 11) is 0. The van der Waals surface area contributed by atoms with E-state index < -0.39 is 35.9 Å². The van der Waals surface area contributed by atoms with E-state index in [4.69, 9.17) is 9.47 Å². The fourth-order valence-corrected chi connectivity index (χ4v) is 4.56. The normalized spacial score (nSPS) is 13.7. The number of rotatable bonds is 12. The van der Waals surface area contributed by atoms with E-state index in [1.54, 1.807) is 0 Å². The SMILES string of the molecule is Cc1cccc(C)c1OC(=O)CN[C@@H](Cc1ccccc1)[C@@H](O)C[C@H](Cc1ccccc1)NC(=O)OC(C)(C)C. The molecule has 0 heterocycles. The fourth-order valence-electron chi connectivity index (χ4n) is 4.56. The summed E-state index contributed by atoms with van der Waals surface area (Å²) in [5.74, 6) is 0.120. The zero-order chi connectivity index (χ0) is 29.1. The van der Waals surface area contributed by atoms with Crippen molar-refractivity contribution in [2.75, 3.05) is 6.54 Å². The average molecular weight is 547 g/mol. The number of nitrogens with one attached hydrogen (secondary N) is 2. The third-order valence-electron chi connectivity index (χ3n) is 6.47. The third kappa shape index (κ3) is 10.5. The maximum Gasteiger partial charge on any atom is 0.407 e. The van der Waals surface area contributed by atoms with Crippen molar-refractivity contribution in [2.24, 2.45) is 0 Å². The van der Waals surface area contributed by atoms with E-state index in [0.717, 1.165) is 22.3 Å². The van der Waals surface area contributed by atoms with Gasteiger partial charge in [-0.25, -0.2) is 4.79 Å². The van der Waals surface area contributed by atoms with Gasteiger partial charge in [0.25, 0.3) is 0 Å². The molecule has 0 radical (unpaired) electrons. The monoisotopic (exact) mass is 546 g/mol. The number of hydrogen-bond donors (Lipinski definition) is 3. The van der Waals surface area contributed by atoms with Gasteiger partial charge in [-0.3, -0.25) is 4.79 Å². The number of amides is 1. The molecule has 0 saturated carbocycles. The molecule has 0 aliphatic heterocycles. The Morgan fingerprint density at radius 2 is 1.38 bits per heavy atom. The average Bonchev–Trinajstić information content (AvgIpc) is 2.88. The minimum absolute atomic E-state index is 0.0782. The maximum absolute atomic E-state index is 12.8. The Morgan fingerprint density at radius 1 is 0.825 bits per heavy atom. The van der Waals surface area contributed by atoms with E-state index in [9.17, 15) is 14.7 Å². The molecular weight excluding hydrogens is 504 g/mol. The van der Waals surface area contributed by atoms with Crippen LogP contribution >= 0.6 is 0 Å². The van der Waals surface area contributed by atoms with Gasteiger partial charge in [-0.15, -0.1) is 0 Å². The van der Waals surface area contributed by atoms with Crippen molar-refractivity contribution >= 4 is 12.1 Å². The highest BCUT2D eigenvalue weighted by Gasteiger charge is 2.27. The molecule has 0 fully saturated rings. The summed E-state index contributed by atoms with van der Waals surface area (Å²) in [6.07, 6.45) is -0.153. The highest BCUT2D eigenvalue weighted by atomic mass is 16.6. The van der Waals surface area contributed by atoms with Crippen LogP contribution in [0.15, 0.2) is 78.9 Å². The lowest BCUT2D eigenvalue weighted by Gasteiger charge is -2.29. The lowest BCUT2D eigenvalue weighted by Crippen LogP contribution is -2.49. The highest BCUT2D eigenvalue weighted by molar-refractivity contribution is 5.75. The van der Waals surface area contributed by atoms with Crippen LogP contribution in [-0.2, 0) is 22.4 Å². The maximum atomic E-state index is 12.8. The number of para-hydroxylation sites is 1. The smallest absolute Gasteiger partial charge is 0.407 e. The molecule has 214 valence electrons. The summed E-state index contributed by atoms with van der Waals surface area (Å²) in [4.78, 5) is 25.5. The van der Waals surface area contributed by atoms with Crippen molar-refractivity contribution < 1.29 is 24.2 Å². The summed E-state index contributed by atoms with van der Waals surface area (Å²) in [6.45, 7) is 9.15. The molecule has 0 aromatic heterocycles. The molecule has 1 amide bonds. The number of carbonyl (C=O) groups is 2. The summed E-state index contributed by atoms with van der Waals surface area (Å²) in [5.41, 5.74) is 3.16. The molecule has 3 N–H and O–H groups in total. The van der Waals surface area contributed by atoms with Crippen LogP contribution in [0, 0.1) is 13.8 Å². The first-order valence-corrected chi connectivity index (χ1v) is 13.8. The first-order valence-electron chi connectivity index (χ1n) is 13.8. The van der Waals surface area contributed by atoms with Crippen molar-refractivity contribution in [3.05, 3.63) is 101 Å². The van der Waals surface area contributed by atoms with Crippen LogP contribution in [-0.4, -0.2) is 47.5 Å². The van der Waals surface area contributed by atoms with E-state index in [-0.39, 0.29) is 13.0 Å². The summed E-state index contributed by atoms with van der Waals surface area (Å²) >= 11 is 0. The number of benzene rings is 3. The minimum Gasteiger partial charge on any atom is -0.444 e. The molecule has 7 heteroatoms. The van der Waals surface area contributed by atoms with Crippen molar-refractivity contribution in [3.8, 4) is 5.75 Å². The first kappa shape index (κ1) is 30.9. The van der Waals surface area contributed by atoms with Gasteiger partial charge in [0.1, 0.15) is 11.4 Å². The lowest BCUT2D eigenvalue weighted by atomic mass is 9.93. The van der Waals surface area contributed by atoms with E-state index in [0.29, 0.717) is 18.6 Å². The second-order valence-corrected chi connectivity index (χ2v) is 11.2. The highest BCUT2D eigenvalue weighted by Crippen LogP contribution is 2.22. The molecule has 0 bridgehead atoms. The molecule has 0 spiro atoms. The van der Waals surface area contributed by atoms with E-state index in [1.807, 2.05) is 113 Å². The number of ether oxygens (including phenoxy) is 2. The van der Waals surface area contributed by atoms with E-state index in [1.165, 1.54) is 0 Å². The number of aryl methyl sites for hydroxylation is 2. The van der Waals surface area contributed by atoms with Crippen LogP contribution in [0.25, 0.3) is 0 Å². The van der Waals surface area contributed by atoms with Crippen molar-refractivity contribution in [1.82, 2.24) is 10.6 Å². The Bertz CT molecular complexity index is 1200. The third-order valence-corrected chi connectivity index (χ3v) is 6.47. The number of hydrogen-bond acceptors (Lipinski definition) is 6. The van der Waals surface area contributed by atoms with Gasteiger partial charge in [-0.05, 0) is 76.1 Å². The molecule has 0 saturated heterocycles. The summed E-state index contributed by atoms with van der Waals surface area (Å²) in [6, 6.07) is 24.4. The van der Waals surface area contributed by atoms with E-state index in [2.05, 4.69) is 10.6 Å². The van der Waals surface area contributed by atoms with Crippen LogP contribution in [0.2, 0.25) is 0 Å². The molecule has 0 aliphatic rings. The summed E-state index contributed by atoms with van der Waals surface area (Å²) < 4.78 is 11.1. The van der Waals surface area contributed by atoms with Gasteiger partial charge in [0.15, 0.2) is 0 Å². The predicted molar refractivity (Wildman–Crippen MR) is 157 cm³/mol. The number of alkyl carbamates (subject to hydrolysis) is 1. The quantitative estimate of drug-likeness (QED) is 0.211. The number of aliphatic hydroxyl groups excluding tert-OH is 1. The topological polar surface area (TPSA) is 96.9 Å². The number of aliphatic hydroxyl groups is 1. The Balaban J connectivity index is 1.74. The molecule has 3 aromatic rings. The molecule has 40 heavy (non-hydrogen) atoms. The second-order valence-electron chi connectivity index (χ2n) is 11.2. The van der Waals surface area contributed by atoms with Gasteiger partial charge in [0, 0.05) is 12.1 Å². The standard InChI is InChI=1S/C33H42N2O5/c1-23-13-12-14-24(2)31(23)39-30(37)22-34-28(20-26-17-10-7-11-18-26)29(36)21-27(19-25-15-8-6-9-16-25)35-32(38)40-33(3,4)5/h6-18,27-29,34,36H,19-22H2,1-5H3,(H,35,38)/t27-,28-,29-/m0/s1. The number of carbonyl (C=O) groups excluding carboxylic acids is 2. The minimum atomic E-state index is -0.878.